The fourth-order valence-corrected chi connectivity index (χ4v) is 1.59. The number of ether oxygens (including phenoxy) is 1. The van der Waals surface area contributed by atoms with Crippen molar-refractivity contribution in [3.8, 4) is 5.75 Å². The first-order valence-electron chi connectivity index (χ1n) is 5.47. The zero-order valence-corrected chi connectivity index (χ0v) is 9.97. The lowest BCUT2D eigenvalue weighted by atomic mass is 9.94. The van der Waals surface area contributed by atoms with Crippen molar-refractivity contribution >= 4 is 11.8 Å². The topological polar surface area (TPSA) is 63.6 Å². The monoisotopic (exact) mass is 268 g/mol. The minimum absolute atomic E-state index is 0. The summed E-state index contributed by atoms with van der Waals surface area (Å²) in [5, 5.41) is 9.14. The van der Waals surface area contributed by atoms with E-state index < -0.39 is 11.9 Å². The third kappa shape index (κ3) is 5.55. The van der Waals surface area contributed by atoms with Gasteiger partial charge in [0.15, 0.2) is 0 Å². The van der Waals surface area contributed by atoms with Gasteiger partial charge in [-0.25, -0.2) is 0 Å². The van der Waals surface area contributed by atoms with Crippen molar-refractivity contribution in [3.63, 3.8) is 0 Å². The van der Waals surface area contributed by atoms with Gasteiger partial charge in [-0.05, 0) is 24.1 Å². The maximum absolute atomic E-state index is 11.6. The molecule has 19 heavy (non-hydrogen) atoms. The minimum atomic E-state index is -0.755. The summed E-state index contributed by atoms with van der Waals surface area (Å²) in [5.41, 5.74) is 0.819. The fourth-order valence-electron chi connectivity index (χ4n) is 1.59. The second kappa shape index (κ2) is 9.14. The minimum Gasteiger partial charge on any atom is -0.508 e. The summed E-state index contributed by atoms with van der Waals surface area (Å²) < 4.78 is 4.62. The Balaban J connectivity index is 0. The number of benzene rings is 1. The van der Waals surface area contributed by atoms with Gasteiger partial charge in [-0.15, -0.1) is 0 Å². The quantitative estimate of drug-likeness (QED) is 0.658. The number of rotatable bonds is 5. The van der Waals surface area contributed by atoms with Crippen molar-refractivity contribution in [2.75, 3.05) is 7.11 Å². The molecule has 0 fully saturated rings. The zero-order valence-electron chi connectivity index (χ0n) is 9.97. The smallest absolute Gasteiger partial charge is 0.316 e. The zero-order chi connectivity index (χ0) is 12.8. The third-order valence-electron chi connectivity index (χ3n) is 2.60. The van der Waals surface area contributed by atoms with Crippen molar-refractivity contribution in [2.45, 2.75) is 34.6 Å². The number of carbonyl (C=O) groups excluding carboxylic acids is 2. The number of esters is 1. The summed E-state index contributed by atoms with van der Waals surface area (Å²) in [7, 11) is 1.27. The van der Waals surface area contributed by atoms with Crippen LogP contribution in [0.3, 0.4) is 0 Å². The Morgan fingerprint density at radius 2 is 1.74 bits per heavy atom. The predicted molar refractivity (Wildman–Crippen MR) is 76.1 cm³/mol. The van der Waals surface area contributed by atoms with Crippen LogP contribution in [0.2, 0.25) is 0 Å². The van der Waals surface area contributed by atoms with E-state index in [4.69, 9.17) is 5.11 Å². The summed E-state index contributed by atoms with van der Waals surface area (Å²) >= 11 is 0. The first-order valence-corrected chi connectivity index (χ1v) is 5.47. The van der Waals surface area contributed by atoms with Gasteiger partial charge in [0.1, 0.15) is 17.5 Å². The van der Waals surface area contributed by atoms with Gasteiger partial charge in [0, 0.05) is 6.42 Å². The largest absolute Gasteiger partial charge is 0.508 e. The molecule has 0 bridgehead atoms. The highest BCUT2D eigenvalue weighted by atomic mass is 16.5. The molecule has 0 amide bonds. The van der Waals surface area contributed by atoms with Crippen molar-refractivity contribution in [2.24, 2.45) is 5.92 Å². The van der Waals surface area contributed by atoms with E-state index >= 15 is 0 Å². The summed E-state index contributed by atoms with van der Waals surface area (Å²) in [5.74, 6) is -1.24. The Morgan fingerprint density at radius 1 is 1.21 bits per heavy atom. The molecule has 0 aromatic heterocycles. The molecule has 0 radical (unpaired) electrons. The number of aromatic hydroxyl groups is 1. The standard InChI is InChI=1S/C13H16O4.2CH4/c1-3-12(15)11(13(16)17-2)8-9-4-6-10(14)7-5-9;;/h4-7,11,14H,3,8H2,1-2H3;2*1H4. The number of carbonyl (C=O) groups is 2. The van der Waals surface area contributed by atoms with E-state index in [0.717, 1.165) is 5.56 Å². The van der Waals surface area contributed by atoms with Crippen LogP contribution in [0.5, 0.6) is 5.75 Å². The van der Waals surface area contributed by atoms with Gasteiger partial charge < -0.3 is 9.84 Å². The Bertz CT molecular complexity index is 379. The number of Topliss-reactive ketones (excluding diaryl/α,β-unsaturated/α-hetero) is 1. The van der Waals surface area contributed by atoms with Gasteiger partial charge in [0.2, 0.25) is 0 Å². The molecule has 1 aromatic rings. The molecule has 108 valence electrons. The molecule has 0 saturated carbocycles. The van der Waals surface area contributed by atoms with Crippen LogP contribution in [0.15, 0.2) is 24.3 Å². The fraction of sp³-hybridized carbons (Fsp3) is 0.467. The van der Waals surface area contributed by atoms with Crippen LogP contribution in [0, 0.1) is 5.92 Å². The molecule has 1 unspecified atom stereocenters. The first-order chi connectivity index (χ1) is 8.08. The van der Waals surface area contributed by atoms with Gasteiger partial charge in [0.05, 0.1) is 7.11 Å². The van der Waals surface area contributed by atoms with Crippen LogP contribution in [0.4, 0.5) is 0 Å². The highest BCUT2D eigenvalue weighted by Gasteiger charge is 2.26. The van der Waals surface area contributed by atoms with Crippen LogP contribution < -0.4 is 0 Å². The summed E-state index contributed by atoms with van der Waals surface area (Å²) in [6, 6.07) is 6.43. The van der Waals surface area contributed by atoms with E-state index in [1.165, 1.54) is 19.2 Å². The SMILES string of the molecule is C.C.CCC(=O)C(Cc1ccc(O)cc1)C(=O)OC. The van der Waals surface area contributed by atoms with Gasteiger partial charge >= 0.3 is 5.97 Å². The summed E-state index contributed by atoms with van der Waals surface area (Å²) in [6.07, 6.45) is 0.609. The molecule has 0 saturated heterocycles. The highest BCUT2D eigenvalue weighted by molar-refractivity contribution is 5.99. The second-order valence-corrected chi connectivity index (χ2v) is 3.77. The molecule has 1 N–H and O–H groups in total. The molecule has 4 nitrogen and oxygen atoms in total. The second-order valence-electron chi connectivity index (χ2n) is 3.77. The van der Waals surface area contributed by atoms with E-state index in [1.54, 1.807) is 19.1 Å². The van der Waals surface area contributed by atoms with Crippen molar-refractivity contribution in [1.82, 2.24) is 0 Å². The molecule has 0 aliphatic carbocycles. The van der Waals surface area contributed by atoms with Gasteiger partial charge in [-0.3, -0.25) is 9.59 Å². The van der Waals surface area contributed by atoms with Gasteiger partial charge in [-0.1, -0.05) is 33.9 Å². The van der Waals surface area contributed by atoms with Crippen LogP contribution in [0.25, 0.3) is 0 Å². The Kier molecular flexibility index (Phi) is 9.38. The van der Waals surface area contributed by atoms with Crippen LogP contribution >= 0.6 is 0 Å². The van der Waals surface area contributed by atoms with Gasteiger partial charge in [0.25, 0.3) is 0 Å². The maximum atomic E-state index is 11.6. The Morgan fingerprint density at radius 3 is 2.16 bits per heavy atom. The maximum Gasteiger partial charge on any atom is 0.316 e. The first kappa shape index (κ1) is 19.5. The Labute approximate surface area is 115 Å². The molecular weight excluding hydrogens is 244 g/mol. The van der Waals surface area contributed by atoms with Crippen molar-refractivity contribution in [3.05, 3.63) is 29.8 Å². The molecule has 0 aliphatic rings. The molecule has 4 heteroatoms. The summed E-state index contributed by atoms with van der Waals surface area (Å²) in [4.78, 5) is 23.1. The molecule has 0 heterocycles. The van der Waals surface area contributed by atoms with Crippen LogP contribution in [-0.2, 0) is 20.7 Å². The van der Waals surface area contributed by atoms with E-state index in [2.05, 4.69) is 4.74 Å². The third-order valence-corrected chi connectivity index (χ3v) is 2.60. The lowest BCUT2D eigenvalue weighted by Crippen LogP contribution is -2.26. The Hall–Kier alpha value is -1.84. The number of hydrogen-bond acceptors (Lipinski definition) is 4. The van der Waals surface area contributed by atoms with E-state index in [-0.39, 0.29) is 26.4 Å². The summed E-state index contributed by atoms with van der Waals surface area (Å²) in [6.45, 7) is 1.72. The normalized spacial score (nSPS) is 10.6. The number of ketones is 1. The molecular formula is C15H24O4. The number of methoxy groups -OCH3 is 1. The highest BCUT2D eigenvalue weighted by Crippen LogP contribution is 2.16. The van der Waals surface area contributed by atoms with Gasteiger partial charge in [-0.2, -0.15) is 0 Å². The average Bonchev–Trinajstić information content (AvgIpc) is 2.36. The average molecular weight is 268 g/mol. The van der Waals surface area contributed by atoms with Crippen molar-refractivity contribution in [1.29, 1.82) is 0 Å². The van der Waals surface area contributed by atoms with E-state index in [1.807, 2.05) is 0 Å². The molecule has 1 atom stereocenters. The molecule has 0 aliphatic heterocycles. The lowest BCUT2D eigenvalue weighted by molar-refractivity contribution is -0.149. The molecule has 1 aromatic carbocycles. The van der Waals surface area contributed by atoms with Crippen LogP contribution in [-0.4, -0.2) is 24.0 Å². The van der Waals surface area contributed by atoms with E-state index in [0.29, 0.717) is 12.8 Å². The van der Waals surface area contributed by atoms with E-state index in [9.17, 15) is 9.59 Å². The van der Waals surface area contributed by atoms with Crippen molar-refractivity contribution < 1.29 is 19.4 Å². The molecule has 0 spiro atoms. The number of hydrogen-bond donors (Lipinski definition) is 1. The molecule has 1 rings (SSSR count). The number of phenolic OH excluding ortho intramolecular Hbond substituents is 1. The predicted octanol–water partition coefficient (Wildman–Crippen LogP) is 2.98. The van der Waals surface area contributed by atoms with Crippen LogP contribution in [0.1, 0.15) is 33.8 Å². The lowest BCUT2D eigenvalue weighted by Gasteiger charge is -2.12. The number of phenols is 1.